The number of nitrogens with one attached hydrogen (secondary N) is 2. The lowest BCUT2D eigenvalue weighted by atomic mass is 10.1. The molecule has 0 radical (unpaired) electrons. The number of carbonyl (C=O) groups is 1. The van der Waals surface area contributed by atoms with Gasteiger partial charge in [-0.2, -0.15) is 0 Å². The maximum atomic E-state index is 12.4. The third-order valence-electron chi connectivity index (χ3n) is 4.23. The van der Waals surface area contributed by atoms with Crippen molar-refractivity contribution >= 4 is 32.4 Å². The zero-order chi connectivity index (χ0) is 21.0. The molecule has 29 heavy (non-hydrogen) atoms. The standard InChI is InChI=1S/C22H24N2O4S/c1-15(2)24-29(26,27)21-12-9-19(10-13-21)23-22(25)16(3)28-20-11-8-17-6-4-5-7-18(17)14-20/h4-16,24H,1-3H3,(H,23,25)/t16-/m0/s1. The normalized spacial score (nSPS) is 12.7. The molecule has 152 valence electrons. The first-order valence-electron chi connectivity index (χ1n) is 9.33. The summed E-state index contributed by atoms with van der Waals surface area (Å²) in [6.07, 6.45) is -0.720. The number of benzene rings is 3. The summed E-state index contributed by atoms with van der Waals surface area (Å²) in [4.78, 5) is 12.6. The summed E-state index contributed by atoms with van der Waals surface area (Å²) in [5.41, 5.74) is 0.493. The SMILES string of the molecule is CC(C)NS(=O)(=O)c1ccc(NC(=O)[C@H](C)Oc2ccc3ccccc3c2)cc1. The van der Waals surface area contributed by atoms with Gasteiger partial charge in [0, 0.05) is 11.7 Å². The number of hydrogen-bond donors (Lipinski definition) is 2. The summed E-state index contributed by atoms with van der Waals surface area (Å²) < 4.78 is 32.6. The van der Waals surface area contributed by atoms with Gasteiger partial charge in [0.25, 0.3) is 5.91 Å². The highest BCUT2D eigenvalue weighted by Crippen LogP contribution is 2.22. The molecule has 0 aliphatic rings. The lowest BCUT2D eigenvalue weighted by molar-refractivity contribution is -0.122. The molecule has 0 saturated heterocycles. The van der Waals surface area contributed by atoms with Crippen LogP contribution in [0.3, 0.4) is 0 Å². The van der Waals surface area contributed by atoms with E-state index in [1.165, 1.54) is 12.1 Å². The van der Waals surface area contributed by atoms with E-state index in [0.29, 0.717) is 11.4 Å². The smallest absolute Gasteiger partial charge is 0.265 e. The molecule has 0 saturated carbocycles. The van der Waals surface area contributed by atoms with E-state index in [9.17, 15) is 13.2 Å². The number of hydrogen-bond acceptors (Lipinski definition) is 4. The second kappa shape index (κ2) is 8.63. The van der Waals surface area contributed by atoms with Crippen LogP contribution < -0.4 is 14.8 Å². The third kappa shape index (κ3) is 5.34. The molecule has 0 spiro atoms. The molecule has 0 aliphatic heterocycles. The van der Waals surface area contributed by atoms with Crippen LogP contribution in [0.25, 0.3) is 10.8 Å². The van der Waals surface area contributed by atoms with Crippen LogP contribution in [0.15, 0.2) is 71.6 Å². The molecule has 0 aromatic heterocycles. The fourth-order valence-corrected chi connectivity index (χ4v) is 4.09. The number of rotatable bonds is 7. The highest BCUT2D eigenvalue weighted by atomic mass is 32.2. The fraction of sp³-hybridized carbons (Fsp3) is 0.227. The number of carbonyl (C=O) groups excluding carboxylic acids is 1. The van der Waals surface area contributed by atoms with Crippen LogP contribution in [0.4, 0.5) is 5.69 Å². The Morgan fingerprint density at radius 3 is 2.21 bits per heavy atom. The zero-order valence-electron chi connectivity index (χ0n) is 16.5. The first-order chi connectivity index (χ1) is 13.7. The van der Waals surface area contributed by atoms with Crippen LogP contribution in [0.5, 0.6) is 5.75 Å². The molecule has 0 bridgehead atoms. The van der Waals surface area contributed by atoms with Gasteiger partial charge in [-0.25, -0.2) is 13.1 Å². The second-order valence-corrected chi connectivity index (χ2v) is 8.77. The van der Waals surface area contributed by atoms with Gasteiger partial charge < -0.3 is 10.1 Å². The molecule has 3 rings (SSSR count). The molecule has 0 fully saturated rings. The number of sulfonamides is 1. The average Bonchev–Trinajstić information content (AvgIpc) is 2.67. The van der Waals surface area contributed by atoms with Crippen molar-refractivity contribution in [3.8, 4) is 5.75 Å². The largest absolute Gasteiger partial charge is 0.481 e. The monoisotopic (exact) mass is 412 g/mol. The predicted octanol–water partition coefficient (Wildman–Crippen LogP) is 3.93. The van der Waals surface area contributed by atoms with E-state index in [0.717, 1.165) is 10.8 Å². The molecule has 6 nitrogen and oxygen atoms in total. The number of fused-ring (bicyclic) bond motifs is 1. The molecule has 1 amide bonds. The van der Waals surface area contributed by atoms with Crippen molar-refractivity contribution in [2.45, 2.75) is 37.8 Å². The lowest BCUT2D eigenvalue weighted by Crippen LogP contribution is -2.31. The predicted molar refractivity (Wildman–Crippen MR) is 115 cm³/mol. The van der Waals surface area contributed by atoms with Crippen LogP contribution in [-0.4, -0.2) is 26.5 Å². The first kappa shape index (κ1) is 20.8. The van der Waals surface area contributed by atoms with Gasteiger partial charge in [-0.15, -0.1) is 0 Å². The topological polar surface area (TPSA) is 84.5 Å². The molecule has 2 N–H and O–H groups in total. The van der Waals surface area contributed by atoms with Crippen molar-refractivity contribution in [3.05, 3.63) is 66.7 Å². The Morgan fingerprint density at radius 1 is 0.897 bits per heavy atom. The van der Waals surface area contributed by atoms with E-state index in [2.05, 4.69) is 10.0 Å². The van der Waals surface area contributed by atoms with Gasteiger partial charge in [-0.05, 0) is 67.9 Å². The summed E-state index contributed by atoms with van der Waals surface area (Å²) in [6.45, 7) is 5.17. The Kier molecular flexibility index (Phi) is 6.20. The quantitative estimate of drug-likeness (QED) is 0.616. The number of anilines is 1. The molecule has 3 aromatic carbocycles. The van der Waals surface area contributed by atoms with Crippen molar-refractivity contribution in [3.63, 3.8) is 0 Å². The molecular weight excluding hydrogens is 388 g/mol. The van der Waals surface area contributed by atoms with Gasteiger partial charge in [0.15, 0.2) is 6.10 Å². The Bertz CT molecular complexity index is 1110. The van der Waals surface area contributed by atoms with E-state index in [4.69, 9.17) is 4.74 Å². The Morgan fingerprint density at radius 2 is 1.55 bits per heavy atom. The zero-order valence-corrected chi connectivity index (χ0v) is 17.4. The van der Waals surface area contributed by atoms with E-state index in [1.807, 2.05) is 42.5 Å². The van der Waals surface area contributed by atoms with Crippen LogP contribution in [0.2, 0.25) is 0 Å². The third-order valence-corrected chi connectivity index (χ3v) is 5.90. The summed E-state index contributed by atoms with van der Waals surface area (Å²) in [5, 5.41) is 4.87. The summed E-state index contributed by atoms with van der Waals surface area (Å²) in [7, 11) is -3.57. The van der Waals surface area contributed by atoms with Crippen molar-refractivity contribution in [2.75, 3.05) is 5.32 Å². The summed E-state index contributed by atoms with van der Waals surface area (Å²) in [5.74, 6) is 0.279. The number of ether oxygens (including phenoxy) is 1. The average molecular weight is 413 g/mol. The van der Waals surface area contributed by atoms with Crippen molar-refractivity contribution in [2.24, 2.45) is 0 Å². The van der Waals surface area contributed by atoms with E-state index < -0.39 is 16.1 Å². The van der Waals surface area contributed by atoms with Crippen molar-refractivity contribution in [1.29, 1.82) is 0 Å². The minimum absolute atomic E-state index is 0.143. The minimum atomic E-state index is -3.57. The molecule has 3 aromatic rings. The fourth-order valence-electron chi connectivity index (χ4n) is 2.84. The lowest BCUT2D eigenvalue weighted by Gasteiger charge is -2.15. The molecular formula is C22H24N2O4S. The number of amides is 1. The van der Waals surface area contributed by atoms with Crippen LogP contribution in [0, 0.1) is 0 Å². The highest BCUT2D eigenvalue weighted by molar-refractivity contribution is 7.89. The molecule has 0 aliphatic carbocycles. The molecule has 1 atom stereocenters. The van der Waals surface area contributed by atoms with Crippen LogP contribution in [0.1, 0.15) is 20.8 Å². The summed E-state index contributed by atoms with van der Waals surface area (Å²) >= 11 is 0. The van der Waals surface area contributed by atoms with Gasteiger partial charge in [0.2, 0.25) is 10.0 Å². The summed E-state index contributed by atoms with van der Waals surface area (Å²) in [6, 6.07) is 19.4. The Balaban J connectivity index is 1.64. The molecule has 0 unspecified atom stereocenters. The van der Waals surface area contributed by atoms with Crippen LogP contribution in [-0.2, 0) is 14.8 Å². The van der Waals surface area contributed by atoms with Gasteiger partial charge in [0.1, 0.15) is 5.75 Å². The van der Waals surface area contributed by atoms with Gasteiger partial charge in [-0.3, -0.25) is 4.79 Å². The maximum absolute atomic E-state index is 12.4. The minimum Gasteiger partial charge on any atom is -0.481 e. The Labute approximate surface area is 170 Å². The molecule has 7 heteroatoms. The van der Waals surface area contributed by atoms with Crippen molar-refractivity contribution < 1.29 is 17.9 Å². The van der Waals surface area contributed by atoms with Crippen molar-refractivity contribution in [1.82, 2.24) is 4.72 Å². The van der Waals surface area contributed by atoms with Gasteiger partial charge >= 0.3 is 0 Å². The van der Waals surface area contributed by atoms with E-state index in [-0.39, 0.29) is 16.8 Å². The second-order valence-electron chi connectivity index (χ2n) is 7.06. The molecule has 0 heterocycles. The Hall–Kier alpha value is -2.90. The van der Waals surface area contributed by atoms with E-state index >= 15 is 0 Å². The first-order valence-corrected chi connectivity index (χ1v) is 10.8. The van der Waals surface area contributed by atoms with E-state index in [1.54, 1.807) is 32.9 Å². The van der Waals surface area contributed by atoms with Gasteiger partial charge in [0.05, 0.1) is 4.90 Å². The highest BCUT2D eigenvalue weighted by Gasteiger charge is 2.17. The van der Waals surface area contributed by atoms with Gasteiger partial charge in [-0.1, -0.05) is 30.3 Å². The maximum Gasteiger partial charge on any atom is 0.265 e. The van der Waals surface area contributed by atoms with Crippen LogP contribution >= 0.6 is 0 Å².